The lowest BCUT2D eigenvalue weighted by Gasteiger charge is -2.34. The van der Waals surface area contributed by atoms with Crippen molar-refractivity contribution in [3.05, 3.63) is 29.3 Å². The van der Waals surface area contributed by atoms with Crippen LogP contribution in [0.15, 0.2) is 29.2 Å². The van der Waals surface area contributed by atoms with Crippen molar-refractivity contribution >= 4 is 46.6 Å². The smallest absolute Gasteiger partial charge is 0.248 e. The van der Waals surface area contributed by atoms with Crippen LogP contribution >= 0.6 is 35.6 Å². The van der Waals surface area contributed by atoms with Gasteiger partial charge in [0.05, 0.1) is 11.8 Å². The van der Waals surface area contributed by atoms with Crippen LogP contribution in [0.1, 0.15) is 32.1 Å². The van der Waals surface area contributed by atoms with E-state index < -0.39 is 0 Å². The third-order valence-electron chi connectivity index (χ3n) is 3.61. The van der Waals surface area contributed by atoms with Gasteiger partial charge in [0, 0.05) is 9.92 Å². The first-order valence-electron chi connectivity index (χ1n) is 7.33. The van der Waals surface area contributed by atoms with Crippen LogP contribution in [0.25, 0.3) is 0 Å². The third-order valence-corrected chi connectivity index (χ3v) is 5.07. The zero-order valence-electron chi connectivity index (χ0n) is 12.3. The van der Waals surface area contributed by atoms with E-state index in [2.05, 4.69) is 5.43 Å². The van der Waals surface area contributed by atoms with Crippen molar-refractivity contribution < 1.29 is 4.79 Å². The Balaban J connectivity index is 1.85. The van der Waals surface area contributed by atoms with Gasteiger partial charge in [-0.1, -0.05) is 30.9 Å². The molecule has 1 fully saturated rings. The number of carbonyl (C=O) groups excluding carboxylic acids is 1. The summed E-state index contributed by atoms with van der Waals surface area (Å²) >= 11 is 12.4. The molecule has 0 radical (unpaired) electrons. The summed E-state index contributed by atoms with van der Waals surface area (Å²) < 4.78 is 0. The quantitative estimate of drug-likeness (QED) is 0.491. The summed E-state index contributed by atoms with van der Waals surface area (Å²) in [5, 5.41) is 2.58. The van der Waals surface area contributed by atoms with Crippen molar-refractivity contribution in [1.29, 1.82) is 0 Å². The summed E-state index contributed by atoms with van der Waals surface area (Å²) in [5.41, 5.74) is 8.61. The molecular weight excluding hydrogens is 338 g/mol. The molecule has 120 valence electrons. The second kappa shape index (κ2) is 8.60. The Kier molecular flexibility index (Phi) is 6.79. The summed E-state index contributed by atoms with van der Waals surface area (Å²) in [6.45, 7) is 0. The Labute approximate surface area is 145 Å². The minimum absolute atomic E-state index is 0.0988. The molecule has 22 heavy (non-hydrogen) atoms. The molecule has 0 saturated heterocycles. The Hall–Kier alpha value is -0.980. The summed E-state index contributed by atoms with van der Waals surface area (Å²) in [6, 6.07) is 7.63. The Morgan fingerprint density at radius 3 is 2.55 bits per heavy atom. The second-order valence-corrected chi connectivity index (χ2v) is 7.18. The van der Waals surface area contributed by atoms with Gasteiger partial charge in [0.25, 0.3) is 0 Å². The van der Waals surface area contributed by atoms with Crippen molar-refractivity contribution in [3.8, 4) is 0 Å². The maximum absolute atomic E-state index is 12.1. The lowest BCUT2D eigenvalue weighted by atomic mass is 9.95. The van der Waals surface area contributed by atoms with E-state index in [1.54, 1.807) is 5.01 Å². The Morgan fingerprint density at radius 2 is 1.95 bits per heavy atom. The molecule has 1 aromatic carbocycles. The van der Waals surface area contributed by atoms with Crippen LogP contribution in [-0.4, -0.2) is 27.8 Å². The van der Waals surface area contributed by atoms with Gasteiger partial charge in [-0.2, -0.15) is 0 Å². The predicted octanol–water partition coefficient (Wildman–Crippen LogP) is 3.34. The fraction of sp³-hybridized carbons (Fsp3) is 0.467. The van der Waals surface area contributed by atoms with Gasteiger partial charge >= 0.3 is 0 Å². The van der Waals surface area contributed by atoms with E-state index in [-0.39, 0.29) is 17.1 Å². The molecule has 3 N–H and O–H groups in total. The molecule has 0 unspecified atom stereocenters. The number of thiocarbonyl (C=S) groups is 1. The van der Waals surface area contributed by atoms with E-state index in [1.807, 2.05) is 24.3 Å². The minimum Gasteiger partial charge on any atom is -0.375 e. The van der Waals surface area contributed by atoms with Crippen LogP contribution in [0.2, 0.25) is 5.02 Å². The van der Waals surface area contributed by atoms with E-state index in [9.17, 15) is 4.79 Å². The number of halogens is 1. The van der Waals surface area contributed by atoms with Gasteiger partial charge < -0.3 is 5.73 Å². The van der Waals surface area contributed by atoms with Crippen molar-refractivity contribution in [1.82, 2.24) is 10.4 Å². The van der Waals surface area contributed by atoms with Crippen molar-refractivity contribution in [3.63, 3.8) is 0 Å². The van der Waals surface area contributed by atoms with Crippen LogP contribution in [0.5, 0.6) is 0 Å². The molecule has 1 aliphatic rings. The number of hydrazine groups is 1. The van der Waals surface area contributed by atoms with Gasteiger partial charge in [-0.15, -0.1) is 11.8 Å². The molecule has 0 atom stereocenters. The number of benzene rings is 1. The standard InChI is InChI=1S/C15H20ClN3OS2/c16-11-6-8-13(9-7-11)22-10-14(20)18-19(15(17)21)12-4-2-1-3-5-12/h6-9,12H,1-5,10H2,(H2,17,21)(H,18,20). The lowest BCUT2D eigenvalue weighted by molar-refractivity contribution is -0.122. The number of nitrogens with zero attached hydrogens (tertiary/aromatic N) is 1. The highest BCUT2D eigenvalue weighted by atomic mass is 35.5. The molecule has 2 rings (SSSR count). The molecule has 7 heteroatoms. The molecule has 0 bridgehead atoms. The molecule has 4 nitrogen and oxygen atoms in total. The number of amides is 1. The number of thioether (sulfide) groups is 1. The van der Waals surface area contributed by atoms with Gasteiger partial charge in [-0.25, -0.2) is 0 Å². The van der Waals surface area contributed by atoms with E-state index >= 15 is 0 Å². The SMILES string of the molecule is NC(=S)N(NC(=O)CSc1ccc(Cl)cc1)C1CCCCC1. The molecular formula is C15H20ClN3OS2. The van der Waals surface area contributed by atoms with E-state index in [0.29, 0.717) is 10.8 Å². The number of rotatable bonds is 4. The molecule has 0 aromatic heterocycles. The van der Waals surface area contributed by atoms with Crippen molar-refractivity contribution in [2.24, 2.45) is 5.73 Å². The van der Waals surface area contributed by atoms with Gasteiger partial charge in [-0.3, -0.25) is 15.2 Å². The number of carbonyl (C=O) groups is 1. The van der Waals surface area contributed by atoms with Crippen LogP contribution in [-0.2, 0) is 4.79 Å². The van der Waals surface area contributed by atoms with Crippen LogP contribution in [0.3, 0.4) is 0 Å². The van der Waals surface area contributed by atoms with Gasteiger partial charge in [0.15, 0.2) is 5.11 Å². The number of nitrogens with two attached hydrogens (primary N) is 1. The second-order valence-electron chi connectivity index (χ2n) is 5.28. The van der Waals surface area contributed by atoms with Gasteiger partial charge in [-0.05, 0) is 49.3 Å². The van der Waals surface area contributed by atoms with E-state index in [4.69, 9.17) is 29.6 Å². The van der Waals surface area contributed by atoms with Gasteiger partial charge in [0.1, 0.15) is 0 Å². The van der Waals surface area contributed by atoms with Crippen LogP contribution in [0.4, 0.5) is 0 Å². The summed E-state index contributed by atoms with van der Waals surface area (Å²) in [5.74, 6) is 0.214. The predicted molar refractivity (Wildman–Crippen MR) is 95.8 cm³/mol. The largest absolute Gasteiger partial charge is 0.375 e. The maximum Gasteiger partial charge on any atom is 0.248 e. The highest BCUT2D eigenvalue weighted by molar-refractivity contribution is 8.00. The maximum atomic E-state index is 12.1. The zero-order valence-corrected chi connectivity index (χ0v) is 14.6. The highest BCUT2D eigenvalue weighted by Gasteiger charge is 2.23. The molecule has 1 aromatic rings. The molecule has 0 heterocycles. The fourth-order valence-electron chi connectivity index (χ4n) is 2.51. The van der Waals surface area contributed by atoms with Crippen molar-refractivity contribution in [2.75, 3.05) is 5.75 Å². The summed E-state index contributed by atoms with van der Waals surface area (Å²) in [6.07, 6.45) is 5.57. The molecule has 1 aliphatic carbocycles. The first-order chi connectivity index (χ1) is 10.6. The normalized spacial score (nSPS) is 15.3. The van der Waals surface area contributed by atoms with Gasteiger partial charge in [0.2, 0.25) is 5.91 Å². The first-order valence-corrected chi connectivity index (χ1v) is 9.10. The zero-order chi connectivity index (χ0) is 15.9. The topological polar surface area (TPSA) is 58.4 Å². The lowest BCUT2D eigenvalue weighted by Crippen LogP contribution is -2.55. The average Bonchev–Trinajstić information content (AvgIpc) is 2.52. The van der Waals surface area contributed by atoms with Crippen LogP contribution in [0, 0.1) is 0 Å². The molecule has 1 amide bonds. The van der Waals surface area contributed by atoms with Crippen LogP contribution < -0.4 is 11.2 Å². The fourth-order valence-corrected chi connectivity index (χ4v) is 3.52. The third kappa shape index (κ3) is 5.34. The molecule has 1 saturated carbocycles. The Bertz CT molecular complexity index is 518. The first kappa shape index (κ1) is 17.4. The van der Waals surface area contributed by atoms with Crippen molar-refractivity contribution in [2.45, 2.75) is 43.0 Å². The summed E-state index contributed by atoms with van der Waals surface area (Å²) in [4.78, 5) is 13.1. The van der Waals surface area contributed by atoms with E-state index in [1.165, 1.54) is 18.2 Å². The molecule has 0 aliphatic heterocycles. The number of hydrogen-bond donors (Lipinski definition) is 2. The molecule has 0 spiro atoms. The monoisotopic (exact) mass is 357 g/mol. The van der Waals surface area contributed by atoms with E-state index in [0.717, 1.165) is 30.6 Å². The number of hydrogen-bond acceptors (Lipinski definition) is 3. The summed E-state index contributed by atoms with van der Waals surface area (Å²) in [7, 11) is 0. The Morgan fingerprint density at radius 1 is 1.32 bits per heavy atom. The highest BCUT2D eigenvalue weighted by Crippen LogP contribution is 2.22. The average molecular weight is 358 g/mol. The minimum atomic E-state index is -0.0988. The number of nitrogens with one attached hydrogen (secondary N) is 1.